The zero-order valence-electron chi connectivity index (χ0n) is 11.3. The van der Waals surface area contributed by atoms with Crippen LogP contribution in [0.1, 0.15) is 31.4 Å². The monoisotopic (exact) mass is 263 g/mol. The molecule has 4 nitrogen and oxygen atoms in total. The van der Waals surface area contributed by atoms with E-state index < -0.39 is 6.10 Å². The molecule has 1 fully saturated rings. The van der Waals surface area contributed by atoms with Crippen molar-refractivity contribution in [2.75, 3.05) is 19.8 Å². The molecule has 2 aliphatic rings. The Bertz CT molecular complexity index is 443. The maximum atomic E-state index is 10.4. The summed E-state index contributed by atoms with van der Waals surface area (Å²) in [5, 5.41) is 13.7. The molecule has 0 aromatic heterocycles. The maximum Gasteiger partial charge on any atom is 0.161 e. The lowest BCUT2D eigenvalue weighted by Gasteiger charge is -2.19. The summed E-state index contributed by atoms with van der Waals surface area (Å²) in [6.07, 6.45) is 1.67. The van der Waals surface area contributed by atoms with E-state index in [1.807, 2.05) is 18.2 Å². The Morgan fingerprint density at radius 3 is 2.79 bits per heavy atom. The first kappa shape index (κ1) is 12.8. The number of hydrogen-bond donors (Lipinski definition) is 2. The lowest BCUT2D eigenvalue weighted by molar-refractivity contribution is 0.137. The molecule has 2 heterocycles. The van der Waals surface area contributed by atoms with Crippen LogP contribution in [0.3, 0.4) is 0 Å². The van der Waals surface area contributed by atoms with Gasteiger partial charge in [0.25, 0.3) is 0 Å². The number of benzene rings is 1. The van der Waals surface area contributed by atoms with E-state index in [1.165, 1.54) is 0 Å². The fourth-order valence-corrected chi connectivity index (χ4v) is 2.67. The largest absolute Gasteiger partial charge is 0.489 e. The maximum absolute atomic E-state index is 10.4. The van der Waals surface area contributed by atoms with E-state index in [0.717, 1.165) is 36.4 Å². The fourth-order valence-electron chi connectivity index (χ4n) is 2.67. The van der Waals surface area contributed by atoms with E-state index >= 15 is 0 Å². The minimum absolute atomic E-state index is 0.156. The van der Waals surface area contributed by atoms with Crippen molar-refractivity contribution in [1.29, 1.82) is 0 Å². The van der Waals surface area contributed by atoms with Gasteiger partial charge in [-0.1, -0.05) is 13.0 Å². The third kappa shape index (κ3) is 2.69. The zero-order valence-corrected chi connectivity index (χ0v) is 11.3. The molecule has 3 rings (SSSR count). The molecule has 1 saturated heterocycles. The average Bonchev–Trinajstić information content (AvgIpc) is 2.90. The van der Waals surface area contributed by atoms with Gasteiger partial charge in [0.2, 0.25) is 0 Å². The Balaban J connectivity index is 1.80. The summed E-state index contributed by atoms with van der Waals surface area (Å²) in [5.41, 5.74) is 0.899. The number of fused-ring (bicyclic) bond motifs is 1. The van der Waals surface area contributed by atoms with Crippen molar-refractivity contribution in [3.63, 3.8) is 0 Å². The summed E-state index contributed by atoms with van der Waals surface area (Å²) in [6, 6.07) is 5.91. The second-order valence-corrected chi connectivity index (χ2v) is 5.58. The van der Waals surface area contributed by atoms with Crippen molar-refractivity contribution < 1.29 is 14.6 Å². The molecule has 19 heavy (non-hydrogen) atoms. The van der Waals surface area contributed by atoms with Crippen LogP contribution in [0.25, 0.3) is 0 Å². The molecule has 2 aliphatic heterocycles. The predicted octanol–water partition coefficient (Wildman–Crippen LogP) is 1.88. The molecule has 0 spiro atoms. The van der Waals surface area contributed by atoms with Gasteiger partial charge in [-0.2, -0.15) is 0 Å². The van der Waals surface area contributed by atoms with Crippen molar-refractivity contribution in [2.24, 2.45) is 5.92 Å². The highest BCUT2D eigenvalue weighted by atomic mass is 16.5. The quantitative estimate of drug-likeness (QED) is 0.855. The van der Waals surface area contributed by atoms with Crippen molar-refractivity contribution in [3.8, 4) is 11.5 Å². The number of aliphatic hydroxyl groups excluding tert-OH is 1. The van der Waals surface area contributed by atoms with Crippen LogP contribution in [-0.2, 0) is 0 Å². The molecule has 2 N–H and O–H groups in total. The minimum atomic E-state index is -0.475. The summed E-state index contributed by atoms with van der Waals surface area (Å²) in [6.45, 7) is 4.43. The molecule has 0 radical (unpaired) electrons. The standard InChI is InChI=1S/C15H21NO3/c1-10-8-18-13-5-4-11(7-14(13)19-9-10)15(17)12-3-2-6-16-12/h4-5,7,10,12,15-17H,2-3,6,8-9H2,1H3. The van der Waals surface area contributed by atoms with Gasteiger partial charge in [0.1, 0.15) is 0 Å². The highest BCUT2D eigenvalue weighted by Gasteiger charge is 2.25. The number of aliphatic hydroxyl groups is 1. The van der Waals surface area contributed by atoms with Crippen LogP contribution < -0.4 is 14.8 Å². The van der Waals surface area contributed by atoms with Gasteiger partial charge in [0.05, 0.1) is 19.3 Å². The van der Waals surface area contributed by atoms with E-state index in [2.05, 4.69) is 12.2 Å². The highest BCUT2D eigenvalue weighted by Crippen LogP contribution is 2.34. The molecule has 3 atom stereocenters. The number of nitrogens with one attached hydrogen (secondary N) is 1. The third-order valence-corrected chi connectivity index (χ3v) is 3.84. The van der Waals surface area contributed by atoms with E-state index in [4.69, 9.17) is 9.47 Å². The molecule has 3 unspecified atom stereocenters. The van der Waals surface area contributed by atoms with Gasteiger partial charge >= 0.3 is 0 Å². The molecule has 104 valence electrons. The highest BCUT2D eigenvalue weighted by molar-refractivity contribution is 5.44. The number of hydrogen-bond acceptors (Lipinski definition) is 4. The Hall–Kier alpha value is -1.26. The zero-order chi connectivity index (χ0) is 13.2. The SMILES string of the molecule is CC1COc2ccc(C(O)C3CCCN3)cc2OC1. The molecule has 0 saturated carbocycles. The Labute approximate surface area is 113 Å². The first-order valence-electron chi connectivity index (χ1n) is 7.05. The number of ether oxygens (including phenoxy) is 2. The van der Waals surface area contributed by atoms with Crippen LogP contribution in [0, 0.1) is 5.92 Å². The van der Waals surface area contributed by atoms with Gasteiger partial charge in [-0.15, -0.1) is 0 Å². The topological polar surface area (TPSA) is 50.7 Å². The van der Waals surface area contributed by atoms with Gasteiger partial charge in [0.15, 0.2) is 11.5 Å². The minimum Gasteiger partial charge on any atom is -0.489 e. The van der Waals surface area contributed by atoms with E-state index in [9.17, 15) is 5.11 Å². The normalized spacial score (nSPS) is 27.9. The Kier molecular flexibility index (Phi) is 3.62. The van der Waals surface area contributed by atoms with Crippen molar-refractivity contribution >= 4 is 0 Å². The second kappa shape index (κ2) is 5.39. The summed E-state index contributed by atoms with van der Waals surface area (Å²) in [5.74, 6) is 1.91. The lowest BCUT2D eigenvalue weighted by Crippen LogP contribution is -2.28. The van der Waals surface area contributed by atoms with E-state index in [0.29, 0.717) is 19.1 Å². The molecule has 0 bridgehead atoms. The van der Waals surface area contributed by atoms with Gasteiger partial charge in [0, 0.05) is 12.0 Å². The first-order chi connectivity index (χ1) is 9.24. The fraction of sp³-hybridized carbons (Fsp3) is 0.600. The van der Waals surface area contributed by atoms with E-state index in [1.54, 1.807) is 0 Å². The van der Waals surface area contributed by atoms with Crippen LogP contribution in [0.4, 0.5) is 0 Å². The van der Waals surface area contributed by atoms with Crippen LogP contribution in [-0.4, -0.2) is 30.9 Å². The lowest BCUT2D eigenvalue weighted by atomic mass is 10.0. The van der Waals surface area contributed by atoms with Crippen molar-refractivity contribution in [2.45, 2.75) is 31.9 Å². The molecular weight excluding hydrogens is 242 g/mol. The summed E-state index contributed by atoms with van der Waals surface area (Å²) < 4.78 is 11.5. The Morgan fingerprint density at radius 2 is 2.05 bits per heavy atom. The molecular formula is C15H21NO3. The predicted molar refractivity (Wildman–Crippen MR) is 72.6 cm³/mol. The molecule has 1 aromatic rings. The van der Waals surface area contributed by atoms with Gasteiger partial charge in [-0.3, -0.25) is 0 Å². The third-order valence-electron chi connectivity index (χ3n) is 3.84. The van der Waals surface area contributed by atoms with Gasteiger partial charge in [-0.25, -0.2) is 0 Å². The van der Waals surface area contributed by atoms with Crippen LogP contribution >= 0.6 is 0 Å². The average molecular weight is 263 g/mol. The van der Waals surface area contributed by atoms with Crippen molar-refractivity contribution in [3.05, 3.63) is 23.8 Å². The summed E-state index contributed by atoms with van der Waals surface area (Å²) in [4.78, 5) is 0. The first-order valence-corrected chi connectivity index (χ1v) is 7.05. The van der Waals surface area contributed by atoms with Crippen LogP contribution in [0.2, 0.25) is 0 Å². The molecule has 4 heteroatoms. The summed E-state index contributed by atoms with van der Waals surface area (Å²) in [7, 11) is 0. The van der Waals surface area contributed by atoms with Gasteiger partial charge in [-0.05, 0) is 37.1 Å². The number of rotatable bonds is 2. The Morgan fingerprint density at radius 1 is 1.26 bits per heavy atom. The molecule has 0 amide bonds. The van der Waals surface area contributed by atoms with Crippen LogP contribution in [0.15, 0.2) is 18.2 Å². The molecule has 1 aromatic carbocycles. The van der Waals surface area contributed by atoms with Crippen molar-refractivity contribution in [1.82, 2.24) is 5.32 Å². The summed E-state index contributed by atoms with van der Waals surface area (Å²) >= 11 is 0. The second-order valence-electron chi connectivity index (χ2n) is 5.58. The smallest absolute Gasteiger partial charge is 0.161 e. The van der Waals surface area contributed by atoms with E-state index in [-0.39, 0.29) is 6.04 Å². The van der Waals surface area contributed by atoms with Gasteiger partial charge < -0.3 is 19.9 Å². The van der Waals surface area contributed by atoms with Crippen LogP contribution in [0.5, 0.6) is 11.5 Å². The molecule has 0 aliphatic carbocycles.